The maximum absolute atomic E-state index is 12.6. The van der Waals surface area contributed by atoms with Gasteiger partial charge in [0.2, 0.25) is 0 Å². The van der Waals surface area contributed by atoms with Crippen LogP contribution in [0.5, 0.6) is 0 Å². The van der Waals surface area contributed by atoms with E-state index in [9.17, 15) is 4.79 Å². The summed E-state index contributed by atoms with van der Waals surface area (Å²) in [4.78, 5) is 12.6. The van der Waals surface area contributed by atoms with Crippen LogP contribution in [0.25, 0.3) is 5.69 Å². The number of benzene rings is 1. The number of hydrogen-bond acceptors (Lipinski definition) is 4. The summed E-state index contributed by atoms with van der Waals surface area (Å²) < 4.78 is 3.68. The molecule has 3 rings (SSSR count). The van der Waals surface area contributed by atoms with Crippen LogP contribution >= 0.6 is 0 Å². The maximum atomic E-state index is 12.6. The summed E-state index contributed by atoms with van der Waals surface area (Å²) in [6.07, 6.45) is 1.67. The second-order valence-corrected chi connectivity index (χ2v) is 6.88. The number of urea groups is 1. The average Bonchev–Trinajstić information content (AvgIpc) is 3.22. The molecule has 0 aliphatic rings. The Morgan fingerprint density at radius 2 is 1.89 bits per heavy atom. The summed E-state index contributed by atoms with van der Waals surface area (Å²) in [5, 5.41) is 18.4. The van der Waals surface area contributed by atoms with Crippen LogP contribution in [0.15, 0.2) is 36.7 Å². The number of para-hydroxylation sites is 1. The zero-order valence-corrected chi connectivity index (χ0v) is 16.3. The minimum absolute atomic E-state index is 0.215. The normalized spacial score (nSPS) is 12.2. The number of aryl methyl sites for hydroxylation is 2. The molecule has 0 unspecified atom stereocenters. The highest BCUT2D eigenvalue weighted by molar-refractivity contribution is 5.89. The lowest BCUT2D eigenvalue weighted by Gasteiger charge is -2.17. The van der Waals surface area contributed by atoms with E-state index in [1.165, 1.54) is 0 Å². The Morgan fingerprint density at radius 1 is 1.15 bits per heavy atom. The molecule has 0 saturated carbocycles. The molecule has 1 atom stereocenters. The third-order valence-electron chi connectivity index (χ3n) is 4.31. The third kappa shape index (κ3) is 3.99. The molecule has 27 heavy (non-hydrogen) atoms. The molecule has 0 bridgehead atoms. The average molecular weight is 367 g/mol. The van der Waals surface area contributed by atoms with E-state index < -0.39 is 0 Å². The summed E-state index contributed by atoms with van der Waals surface area (Å²) in [6, 6.07) is 9.35. The van der Waals surface area contributed by atoms with Gasteiger partial charge in [0.15, 0.2) is 5.82 Å². The van der Waals surface area contributed by atoms with Crippen molar-refractivity contribution in [2.75, 3.05) is 5.32 Å². The molecule has 3 aromatic rings. The third-order valence-corrected chi connectivity index (χ3v) is 4.31. The van der Waals surface area contributed by atoms with E-state index >= 15 is 0 Å². The smallest absolute Gasteiger partial charge is 0.320 e. The summed E-state index contributed by atoms with van der Waals surface area (Å²) in [7, 11) is 0. The predicted molar refractivity (Wildman–Crippen MR) is 104 cm³/mol. The predicted octanol–water partition coefficient (Wildman–Crippen LogP) is 3.54. The highest BCUT2D eigenvalue weighted by Crippen LogP contribution is 2.20. The van der Waals surface area contributed by atoms with E-state index in [0.29, 0.717) is 11.6 Å². The van der Waals surface area contributed by atoms with Gasteiger partial charge in [-0.25, -0.2) is 9.48 Å². The van der Waals surface area contributed by atoms with Crippen LogP contribution in [0.4, 0.5) is 10.6 Å². The molecule has 8 nitrogen and oxygen atoms in total. The molecule has 0 saturated heterocycles. The van der Waals surface area contributed by atoms with Crippen molar-refractivity contribution in [3.05, 3.63) is 53.7 Å². The van der Waals surface area contributed by atoms with Crippen LogP contribution in [0.2, 0.25) is 0 Å². The number of carbonyl (C=O) groups is 1. The van der Waals surface area contributed by atoms with Crippen LogP contribution in [-0.2, 0) is 0 Å². The monoisotopic (exact) mass is 367 g/mol. The van der Waals surface area contributed by atoms with Crippen molar-refractivity contribution in [2.45, 2.75) is 46.7 Å². The topological polar surface area (TPSA) is 89.7 Å². The lowest BCUT2D eigenvalue weighted by atomic mass is 10.2. The number of nitrogens with zero attached hydrogens (tertiary/aromatic N) is 5. The second kappa shape index (κ2) is 7.61. The molecule has 0 spiro atoms. The minimum atomic E-state index is -0.324. The van der Waals surface area contributed by atoms with Crippen molar-refractivity contribution < 1.29 is 4.79 Å². The molecule has 8 heteroatoms. The van der Waals surface area contributed by atoms with Gasteiger partial charge in [-0.2, -0.15) is 5.10 Å². The Kier molecular flexibility index (Phi) is 5.25. The van der Waals surface area contributed by atoms with Crippen molar-refractivity contribution in [2.24, 2.45) is 0 Å². The van der Waals surface area contributed by atoms with Gasteiger partial charge in [0.1, 0.15) is 12.1 Å². The highest BCUT2D eigenvalue weighted by Gasteiger charge is 2.18. The molecule has 0 radical (unpaired) electrons. The standard InChI is InChI=1S/C19H25N7O/c1-12(2)25-11-20-23-18(25)15(5)21-19(27)22-17-10-14(4)24-26(17)16-9-7-6-8-13(16)3/h6-12,15H,1-5H3,(H2,21,22,27)/t15-/m0/s1. The van der Waals surface area contributed by atoms with Gasteiger partial charge in [-0.1, -0.05) is 18.2 Å². The fourth-order valence-corrected chi connectivity index (χ4v) is 2.95. The minimum Gasteiger partial charge on any atom is -0.328 e. The van der Waals surface area contributed by atoms with Gasteiger partial charge in [0.05, 0.1) is 17.4 Å². The van der Waals surface area contributed by atoms with Crippen molar-refractivity contribution in [3.8, 4) is 5.69 Å². The first-order valence-electron chi connectivity index (χ1n) is 8.96. The van der Waals surface area contributed by atoms with E-state index in [4.69, 9.17) is 0 Å². The first-order valence-corrected chi connectivity index (χ1v) is 8.96. The summed E-state index contributed by atoms with van der Waals surface area (Å²) in [5.41, 5.74) is 2.82. The number of aromatic nitrogens is 5. The van der Waals surface area contributed by atoms with E-state index in [0.717, 1.165) is 16.9 Å². The summed E-state index contributed by atoms with van der Waals surface area (Å²) in [5.74, 6) is 1.32. The number of hydrogen-bond donors (Lipinski definition) is 2. The van der Waals surface area contributed by atoms with E-state index in [2.05, 4.69) is 25.9 Å². The molecule has 2 amide bonds. The van der Waals surface area contributed by atoms with Gasteiger partial charge in [-0.05, 0) is 46.2 Å². The van der Waals surface area contributed by atoms with Crippen molar-refractivity contribution >= 4 is 11.8 Å². The van der Waals surface area contributed by atoms with Crippen LogP contribution < -0.4 is 10.6 Å². The number of nitrogens with one attached hydrogen (secondary N) is 2. The molecular weight excluding hydrogens is 342 g/mol. The van der Waals surface area contributed by atoms with Gasteiger partial charge >= 0.3 is 6.03 Å². The molecule has 0 aliphatic heterocycles. The molecule has 0 aliphatic carbocycles. The first kappa shape index (κ1) is 18.6. The summed E-state index contributed by atoms with van der Waals surface area (Å²) >= 11 is 0. The molecule has 0 fully saturated rings. The van der Waals surface area contributed by atoms with Crippen molar-refractivity contribution in [1.29, 1.82) is 0 Å². The quantitative estimate of drug-likeness (QED) is 0.722. The Hall–Kier alpha value is -3.16. The fourth-order valence-electron chi connectivity index (χ4n) is 2.95. The fraction of sp³-hybridized carbons (Fsp3) is 0.368. The molecule has 2 heterocycles. The van der Waals surface area contributed by atoms with Crippen LogP contribution in [0, 0.1) is 13.8 Å². The molecule has 142 valence electrons. The number of rotatable bonds is 5. The maximum Gasteiger partial charge on any atom is 0.320 e. The Balaban J connectivity index is 1.77. The first-order chi connectivity index (χ1) is 12.9. The zero-order valence-electron chi connectivity index (χ0n) is 16.3. The lowest BCUT2D eigenvalue weighted by molar-refractivity contribution is 0.248. The highest BCUT2D eigenvalue weighted by atomic mass is 16.2. The van der Waals surface area contributed by atoms with Crippen LogP contribution in [0.1, 0.15) is 49.9 Å². The van der Waals surface area contributed by atoms with Gasteiger partial charge < -0.3 is 9.88 Å². The zero-order chi connectivity index (χ0) is 19.6. The van der Waals surface area contributed by atoms with E-state index in [1.807, 2.05) is 69.5 Å². The second-order valence-electron chi connectivity index (χ2n) is 6.88. The van der Waals surface area contributed by atoms with E-state index in [-0.39, 0.29) is 18.1 Å². The molecular formula is C19H25N7O. The van der Waals surface area contributed by atoms with Crippen molar-refractivity contribution in [1.82, 2.24) is 29.9 Å². The number of carbonyl (C=O) groups excluding carboxylic acids is 1. The van der Waals surface area contributed by atoms with Gasteiger partial charge in [0.25, 0.3) is 0 Å². The molecule has 2 aromatic heterocycles. The van der Waals surface area contributed by atoms with Crippen molar-refractivity contribution in [3.63, 3.8) is 0 Å². The number of amides is 2. The number of anilines is 1. The molecule has 1 aromatic carbocycles. The van der Waals surface area contributed by atoms with Crippen LogP contribution in [0.3, 0.4) is 0 Å². The Bertz CT molecular complexity index is 941. The van der Waals surface area contributed by atoms with Gasteiger partial charge in [0, 0.05) is 12.1 Å². The molecule has 2 N–H and O–H groups in total. The van der Waals surface area contributed by atoms with Crippen LogP contribution in [-0.4, -0.2) is 30.6 Å². The largest absolute Gasteiger partial charge is 0.328 e. The Labute approximate surface area is 158 Å². The SMILES string of the molecule is Cc1cc(NC(=O)N[C@@H](C)c2nncn2C(C)C)n(-c2ccccc2C)n1. The van der Waals surface area contributed by atoms with E-state index in [1.54, 1.807) is 11.0 Å². The Morgan fingerprint density at radius 3 is 2.59 bits per heavy atom. The van der Waals surface area contributed by atoms with Gasteiger partial charge in [-0.15, -0.1) is 10.2 Å². The lowest BCUT2D eigenvalue weighted by Crippen LogP contribution is -2.33. The van der Waals surface area contributed by atoms with Gasteiger partial charge in [-0.3, -0.25) is 5.32 Å². The summed E-state index contributed by atoms with van der Waals surface area (Å²) in [6.45, 7) is 9.88.